The minimum absolute atomic E-state index is 1.03. The Morgan fingerprint density at radius 3 is 1.80 bits per heavy atom. The highest BCUT2D eigenvalue weighted by Crippen LogP contribution is 2.20. The van der Waals surface area contributed by atoms with Crippen LogP contribution in [0.25, 0.3) is 0 Å². The third-order valence-corrected chi connectivity index (χ3v) is 3.68. The molecule has 0 aliphatic heterocycles. The average Bonchev–Trinajstić information content (AvgIpc) is 1.62. The lowest BCUT2D eigenvalue weighted by atomic mass is 10.2. The Kier molecular flexibility index (Phi) is 2.32. The molecule has 0 saturated heterocycles. The number of hydrogen-bond donors (Lipinski definition) is 1. The van der Waals surface area contributed by atoms with E-state index in [1.165, 1.54) is 0 Å². The molecule has 0 aromatic rings. The van der Waals surface area contributed by atoms with Gasteiger partial charge in [0.05, 0.1) is 0 Å². The van der Waals surface area contributed by atoms with Gasteiger partial charge >= 0.3 is 5.97 Å². The zero-order valence-electron chi connectivity index (χ0n) is 5.46. The molecule has 0 saturated carbocycles. The maximum atomic E-state index is 10.5. The van der Waals surface area contributed by atoms with Crippen LogP contribution in [0, 0.1) is 0 Å². The van der Waals surface area contributed by atoms with Crippen LogP contribution in [0.3, 0.4) is 0 Å². The van der Waals surface area contributed by atoms with Crippen molar-refractivity contribution in [1.82, 2.24) is 0 Å². The molecular formula is C4H7ClO4S. The molecule has 0 aliphatic rings. The molecule has 1 N–H and O–H groups in total. The van der Waals surface area contributed by atoms with Gasteiger partial charge in [0.2, 0.25) is 9.05 Å². The average molecular weight is 187 g/mol. The first-order valence-corrected chi connectivity index (χ1v) is 4.68. The fourth-order valence-electron chi connectivity index (χ4n) is 0.104. The highest BCUT2D eigenvalue weighted by atomic mass is 35.7. The standard InChI is InChI=1S/C4H7ClO4S/c1-4(2,3(6)7)10(5,8)9/h1-2H3,(H,6,7). The van der Waals surface area contributed by atoms with Gasteiger partial charge in [-0.15, -0.1) is 0 Å². The number of carboxylic acid groups (broad SMARTS) is 1. The summed E-state index contributed by atoms with van der Waals surface area (Å²) in [7, 11) is 0.782. The van der Waals surface area contributed by atoms with Crippen molar-refractivity contribution >= 4 is 25.7 Å². The monoisotopic (exact) mass is 186 g/mol. The first-order chi connectivity index (χ1) is 4.19. The van der Waals surface area contributed by atoms with E-state index in [-0.39, 0.29) is 0 Å². The third-order valence-electron chi connectivity index (χ3n) is 1.12. The van der Waals surface area contributed by atoms with Gasteiger partial charge in [0.15, 0.2) is 4.75 Å². The van der Waals surface area contributed by atoms with E-state index in [0.29, 0.717) is 0 Å². The van der Waals surface area contributed by atoms with Crippen LogP contribution in [0.4, 0.5) is 0 Å². The van der Waals surface area contributed by atoms with Crippen LogP contribution in [-0.2, 0) is 13.8 Å². The minimum atomic E-state index is -4.03. The molecule has 10 heavy (non-hydrogen) atoms. The molecule has 0 aromatic heterocycles. The largest absolute Gasteiger partial charge is 0.480 e. The summed E-state index contributed by atoms with van der Waals surface area (Å²) in [5.74, 6) is -1.46. The molecule has 0 amide bonds. The molecule has 0 fully saturated rings. The molecule has 0 bridgehead atoms. The van der Waals surface area contributed by atoms with Crippen molar-refractivity contribution in [2.45, 2.75) is 18.6 Å². The van der Waals surface area contributed by atoms with Crippen LogP contribution < -0.4 is 0 Å². The number of rotatable bonds is 2. The Morgan fingerprint density at radius 2 is 1.80 bits per heavy atom. The van der Waals surface area contributed by atoms with Crippen LogP contribution in [0.15, 0.2) is 0 Å². The molecule has 0 unspecified atom stereocenters. The smallest absolute Gasteiger partial charge is 0.325 e. The summed E-state index contributed by atoms with van der Waals surface area (Å²) in [4.78, 5) is 10.2. The minimum Gasteiger partial charge on any atom is -0.480 e. The van der Waals surface area contributed by atoms with Crippen molar-refractivity contribution in [2.24, 2.45) is 0 Å². The van der Waals surface area contributed by atoms with Crippen LogP contribution in [-0.4, -0.2) is 24.2 Å². The summed E-state index contributed by atoms with van der Waals surface area (Å²) in [5.41, 5.74) is 0. The van der Waals surface area contributed by atoms with Crippen molar-refractivity contribution in [3.8, 4) is 0 Å². The molecule has 0 atom stereocenters. The normalized spacial score (nSPS) is 13.1. The van der Waals surface area contributed by atoms with Crippen molar-refractivity contribution < 1.29 is 18.3 Å². The summed E-state index contributed by atoms with van der Waals surface area (Å²) >= 11 is 0. The lowest BCUT2D eigenvalue weighted by Gasteiger charge is -2.13. The number of carboxylic acids is 1. The number of hydrogen-bond acceptors (Lipinski definition) is 3. The Bertz CT molecular complexity index is 240. The van der Waals surface area contributed by atoms with E-state index >= 15 is 0 Å². The summed E-state index contributed by atoms with van der Waals surface area (Å²) < 4.78 is 19.0. The van der Waals surface area contributed by atoms with Gasteiger partial charge in [0.1, 0.15) is 0 Å². The highest BCUT2D eigenvalue weighted by Gasteiger charge is 2.40. The number of carbonyl (C=O) groups is 1. The van der Waals surface area contributed by atoms with E-state index in [4.69, 9.17) is 15.8 Å². The highest BCUT2D eigenvalue weighted by molar-refractivity contribution is 8.15. The van der Waals surface area contributed by atoms with E-state index in [0.717, 1.165) is 13.8 Å². The van der Waals surface area contributed by atoms with E-state index in [2.05, 4.69) is 0 Å². The predicted octanol–water partition coefficient (Wildman–Crippen LogP) is 0.418. The fraction of sp³-hybridized carbons (Fsp3) is 0.750. The van der Waals surface area contributed by atoms with Crippen molar-refractivity contribution in [3.63, 3.8) is 0 Å². The second kappa shape index (κ2) is 2.39. The number of aliphatic carboxylic acids is 1. The van der Waals surface area contributed by atoms with Gasteiger partial charge < -0.3 is 5.11 Å². The van der Waals surface area contributed by atoms with Gasteiger partial charge in [0.25, 0.3) is 0 Å². The quantitative estimate of drug-likeness (QED) is 0.635. The Labute approximate surface area is 63.2 Å². The first kappa shape index (κ1) is 9.71. The SMILES string of the molecule is CC(C)(C(=O)O)S(=O)(=O)Cl. The molecule has 4 nitrogen and oxygen atoms in total. The predicted molar refractivity (Wildman–Crippen MR) is 36.5 cm³/mol. The van der Waals surface area contributed by atoms with Crippen molar-refractivity contribution in [2.75, 3.05) is 0 Å². The summed E-state index contributed by atoms with van der Waals surface area (Å²) in [6.07, 6.45) is 0. The van der Waals surface area contributed by atoms with E-state index in [9.17, 15) is 13.2 Å². The topological polar surface area (TPSA) is 71.4 Å². The molecule has 0 radical (unpaired) electrons. The second-order valence-corrected chi connectivity index (χ2v) is 5.37. The van der Waals surface area contributed by atoms with Crippen LogP contribution in [0.5, 0.6) is 0 Å². The number of halogens is 1. The van der Waals surface area contributed by atoms with Gasteiger partial charge in [-0.3, -0.25) is 4.79 Å². The van der Waals surface area contributed by atoms with E-state index < -0.39 is 19.8 Å². The van der Waals surface area contributed by atoms with Crippen molar-refractivity contribution in [3.05, 3.63) is 0 Å². The van der Waals surface area contributed by atoms with Gasteiger partial charge in [-0.1, -0.05) is 0 Å². The first-order valence-electron chi connectivity index (χ1n) is 2.37. The molecule has 0 heterocycles. The molecule has 60 valence electrons. The Balaban J connectivity index is 4.95. The van der Waals surface area contributed by atoms with E-state index in [1.807, 2.05) is 0 Å². The molecule has 0 spiro atoms. The third kappa shape index (κ3) is 1.60. The van der Waals surface area contributed by atoms with Gasteiger partial charge in [0, 0.05) is 10.7 Å². The molecular weight excluding hydrogens is 180 g/mol. The second-order valence-electron chi connectivity index (χ2n) is 2.25. The van der Waals surface area contributed by atoms with Crippen LogP contribution in [0.1, 0.15) is 13.8 Å². The Morgan fingerprint density at radius 1 is 1.50 bits per heavy atom. The van der Waals surface area contributed by atoms with Crippen LogP contribution in [0.2, 0.25) is 0 Å². The summed E-state index contributed by atoms with van der Waals surface area (Å²) in [5, 5.41) is 8.31. The summed E-state index contributed by atoms with van der Waals surface area (Å²) in [6.45, 7) is 2.05. The lowest BCUT2D eigenvalue weighted by Crippen LogP contribution is -2.37. The van der Waals surface area contributed by atoms with Gasteiger partial charge in [-0.25, -0.2) is 8.42 Å². The van der Waals surface area contributed by atoms with Crippen molar-refractivity contribution in [1.29, 1.82) is 0 Å². The van der Waals surface area contributed by atoms with E-state index in [1.54, 1.807) is 0 Å². The molecule has 6 heteroatoms. The zero-order chi connectivity index (χ0) is 8.58. The fourth-order valence-corrected chi connectivity index (χ4v) is 0.511. The lowest BCUT2D eigenvalue weighted by molar-refractivity contribution is -0.139. The maximum Gasteiger partial charge on any atom is 0.325 e. The zero-order valence-corrected chi connectivity index (χ0v) is 7.03. The maximum absolute atomic E-state index is 10.5. The molecule has 0 aromatic carbocycles. The van der Waals surface area contributed by atoms with Crippen LogP contribution >= 0.6 is 10.7 Å². The van der Waals surface area contributed by atoms with Gasteiger partial charge in [-0.2, -0.15) is 0 Å². The molecule has 0 aliphatic carbocycles. The van der Waals surface area contributed by atoms with Gasteiger partial charge in [-0.05, 0) is 13.8 Å². The molecule has 0 rings (SSSR count). The summed E-state index contributed by atoms with van der Waals surface area (Å²) in [6, 6.07) is 0. The Hall–Kier alpha value is -0.290.